The van der Waals surface area contributed by atoms with Crippen LogP contribution >= 0.6 is 0 Å². The summed E-state index contributed by atoms with van der Waals surface area (Å²) in [5.41, 5.74) is 2.53. The van der Waals surface area contributed by atoms with Gasteiger partial charge in [0.05, 0.1) is 5.56 Å². The predicted octanol–water partition coefficient (Wildman–Crippen LogP) is 4.80. The van der Waals surface area contributed by atoms with E-state index in [9.17, 15) is 14.3 Å². The van der Waals surface area contributed by atoms with E-state index in [1.54, 1.807) is 18.2 Å². The van der Waals surface area contributed by atoms with Gasteiger partial charge in [-0.3, -0.25) is 0 Å². The molecular weight excluding hydrogens is 283 g/mol. The van der Waals surface area contributed by atoms with Crippen LogP contribution < -0.4 is 0 Å². The molecule has 0 spiro atoms. The highest BCUT2D eigenvalue weighted by molar-refractivity contribution is 5.89. The largest absolute Gasteiger partial charge is 0.505 e. The average molecular weight is 302 g/mol. The Morgan fingerprint density at radius 2 is 1.95 bits per heavy atom. The summed E-state index contributed by atoms with van der Waals surface area (Å²) in [6.07, 6.45) is 1.89. The average Bonchev–Trinajstić information content (AvgIpc) is 2.49. The third kappa shape index (κ3) is 3.27. The molecule has 3 nitrogen and oxygen atoms in total. The van der Waals surface area contributed by atoms with Crippen LogP contribution in [0.4, 0.5) is 4.39 Å². The minimum atomic E-state index is -0.978. The second-order valence-electron chi connectivity index (χ2n) is 5.46. The Balaban J connectivity index is 2.58. The molecule has 4 heteroatoms. The summed E-state index contributed by atoms with van der Waals surface area (Å²) in [7, 11) is 0. The molecule has 2 aromatic rings. The van der Waals surface area contributed by atoms with Gasteiger partial charge in [0.1, 0.15) is 0 Å². The van der Waals surface area contributed by atoms with E-state index in [-0.39, 0.29) is 11.5 Å². The van der Waals surface area contributed by atoms with Crippen molar-refractivity contribution in [2.24, 2.45) is 0 Å². The Bertz CT molecular complexity index is 695. The molecule has 0 aromatic heterocycles. The molecule has 0 fully saturated rings. The van der Waals surface area contributed by atoms with Crippen molar-refractivity contribution >= 4 is 5.97 Å². The lowest BCUT2D eigenvalue weighted by Crippen LogP contribution is -2.02. The van der Waals surface area contributed by atoms with Gasteiger partial charge in [-0.15, -0.1) is 0 Å². The first-order valence-corrected chi connectivity index (χ1v) is 7.30. The molecule has 1 atom stereocenters. The van der Waals surface area contributed by atoms with Gasteiger partial charge in [-0.2, -0.15) is 0 Å². The maximum absolute atomic E-state index is 13.6. The molecule has 0 heterocycles. The number of aromatic hydroxyl groups is 1. The SMILES string of the molecule is CCC[C@H](C)c1cc(C(=O)O)ccc1-c1ccc(O)c(F)c1. The standard InChI is InChI=1S/C18H19FO3/c1-3-4-11(2)15-9-13(18(21)22)5-7-14(15)12-6-8-17(20)16(19)10-12/h5-11,20H,3-4H2,1-2H3,(H,21,22)/t11-/m0/s1. The van der Waals surface area contributed by atoms with Crippen molar-refractivity contribution < 1.29 is 19.4 Å². The van der Waals surface area contributed by atoms with Crippen LogP contribution in [0.1, 0.15) is 48.5 Å². The first kappa shape index (κ1) is 16.0. The topological polar surface area (TPSA) is 57.5 Å². The molecule has 0 saturated carbocycles. The number of carbonyl (C=O) groups is 1. The highest BCUT2D eigenvalue weighted by Gasteiger charge is 2.16. The van der Waals surface area contributed by atoms with E-state index in [0.29, 0.717) is 5.56 Å². The number of carboxylic acid groups (broad SMARTS) is 1. The Morgan fingerprint density at radius 1 is 1.23 bits per heavy atom. The smallest absolute Gasteiger partial charge is 0.335 e. The molecule has 0 amide bonds. The summed E-state index contributed by atoms with van der Waals surface area (Å²) in [4.78, 5) is 11.2. The number of hydrogen-bond donors (Lipinski definition) is 2. The molecule has 0 bridgehead atoms. The molecule has 0 saturated heterocycles. The number of halogens is 1. The van der Waals surface area contributed by atoms with Gasteiger partial charge in [0, 0.05) is 0 Å². The lowest BCUT2D eigenvalue weighted by atomic mass is 9.87. The highest BCUT2D eigenvalue weighted by atomic mass is 19.1. The van der Waals surface area contributed by atoms with E-state index in [1.807, 2.05) is 6.92 Å². The fourth-order valence-electron chi connectivity index (χ4n) is 2.63. The zero-order valence-corrected chi connectivity index (χ0v) is 12.6. The second kappa shape index (κ2) is 6.60. The van der Waals surface area contributed by atoms with Crippen molar-refractivity contribution in [2.45, 2.75) is 32.6 Å². The van der Waals surface area contributed by atoms with Gasteiger partial charge >= 0.3 is 5.97 Å². The van der Waals surface area contributed by atoms with Crippen molar-refractivity contribution in [3.63, 3.8) is 0 Å². The second-order valence-corrected chi connectivity index (χ2v) is 5.46. The summed E-state index contributed by atoms with van der Waals surface area (Å²) in [5, 5.41) is 18.5. The summed E-state index contributed by atoms with van der Waals surface area (Å²) in [5.74, 6) is -1.90. The van der Waals surface area contributed by atoms with Gasteiger partial charge in [-0.1, -0.05) is 32.4 Å². The van der Waals surface area contributed by atoms with E-state index in [1.165, 1.54) is 18.2 Å². The third-order valence-corrected chi connectivity index (χ3v) is 3.81. The van der Waals surface area contributed by atoms with E-state index in [0.717, 1.165) is 24.0 Å². The van der Waals surface area contributed by atoms with Gasteiger partial charge in [-0.05, 0) is 53.3 Å². The van der Waals surface area contributed by atoms with Gasteiger partial charge in [-0.25, -0.2) is 9.18 Å². The molecule has 0 aliphatic heterocycles. The van der Waals surface area contributed by atoms with Crippen LogP contribution in [0.3, 0.4) is 0 Å². The molecule has 0 aliphatic rings. The minimum absolute atomic E-state index is 0.163. The van der Waals surface area contributed by atoms with Crippen LogP contribution in [-0.2, 0) is 0 Å². The fourth-order valence-corrected chi connectivity index (χ4v) is 2.63. The number of phenols is 1. The molecule has 116 valence electrons. The maximum Gasteiger partial charge on any atom is 0.335 e. The van der Waals surface area contributed by atoms with Crippen LogP contribution in [0, 0.1) is 5.82 Å². The molecule has 2 rings (SSSR count). The zero-order chi connectivity index (χ0) is 16.3. The van der Waals surface area contributed by atoms with Gasteiger partial charge in [0.2, 0.25) is 0 Å². The Hall–Kier alpha value is -2.36. The number of phenolic OH excluding ortho intramolecular Hbond substituents is 1. The lowest BCUT2D eigenvalue weighted by Gasteiger charge is -2.17. The maximum atomic E-state index is 13.6. The molecule has 0 aliphatic carbocycles. The summed E-state index contributed by atoms with van der Waals surface area (Å²) in [6, 6.07) is 9.10. The van der Waals surface area contributed by atoms with Crippen LogP contribution in [0.15, 0.2) is 36.4 Å². The Morgan fingerprint density at radius 3 is 2.55 bits per heavy atom. The normalized spacial score (nSPS) is 12.1. The van der Waals surface area contributed by atoms with Crippen molar-refractivity contribution in [3.05, 3.63) is 53.3 Å². The number of benzene rings is 2. The quantitative estimate of drug-likeness (QED) is 0.834. The number of hydrogen-bond acceptors (Lipinski definition) is 2. The molecular formula is C18H19FO3. The zero-order valence-electron chi connectivity index (χ0n) is 12.6. The van der Waals surface area contributed by atoms with Gasteiger partial charge in [0.15, 0.2) is 11.6 Å². The Kier molecular flexibility index (Phi) is 4.81. The number of carboxylic acids is 1. The van der Waals surface area contributed by atoms with E-state index >= 15 is 0 Å². The lowest BCUT2D eigenvalue weighted by molar-refractivity contribution is 0.0696. The highest BCUT2D eigenvalue weighted by Crippen LogP contribution is 2.34. The molecule has 2 aromatic carbocycles. The third-order valence-electron chi connectivity index (χ3n) is 3.81. The summed E-state index contributed by atoms with van der Waals surface area (Å²) >= 11 is 0. The van der Waals surface area contributed by atoms with Crippen molar-refractivity contribution in [1.29, 1.82) is 0 Å². The molecule has 0 unspecified atom stereocenters. The minimum Gasteiger partial charge on any atom is -0.505 e. The summed E-state index contributed by atoms with van der Waals surface area (Å²) < 4.78 is 13.6. The first-order valence-electron chi connectivity index (χ1n) is 7.30. The number of aromatic carboxylic acids is 1. The summed E-state index contributed by atoms with van der Waals surface area (Å²) in [6.45, 7) is 4.10. The Labute approximate surface area is 129 Å². The predicted molar refractivity (Wildman–Crippen MR) is 83.8 cm³/mol. The molecule has 2 N–H and O–H groups in total. The van der Waals surface area contributed by atoms with E-state index in [4.69, 9.17) is 5.11 Å². The van der Waals surface area contributed by atoms with Gasteiger partial charge in [0.25, 0.3) is 0 Å². The fraction of sp³-hybridized carbons (Fsp3) is 0.278. The monoisotopic (exact) mass is 302 g/mol. The molecule has 0 radical (unpaired) electrons. The van der Waals surface area contributed by atoms with Crippen molar-refractivity contribution in [3.8, 4) is 16.9 Å². The van der Waals surface area contributed by atoms with Crippen molar-refractivity contribution in [2.75, 3.05) is 0 Å². The van der Waals surface area contributed by atoms with Gasteiger partial charge < -0.3 is 10.2 Å². The number of rotatable bonds is 5. The van der Waals surface area contributed by atoms with E-state index in [2.05, 4.69) is 6.92 Å². The molecule has 22 heavy (non-hydrogen) atoms. The van der Waals surface area contributed by atoms with E-state index < -0.39 is 17.5 Å². The van der Waals surface area contributed by atoms with Crippen molar-refractivity contribution in [1.82, 2.24) is 0 Å². The van der Waals surface area contributed by atoms with Crippen LogP contribution in [0.25, 0.3) is 11.1 Å². The first-order chi connectivity index (χ1) is 10.4. The van der Waals surface area contributed by atoms with Crippen LogP contribution in [0.2, 0.25) is 0 Å². The van der Waals surface area contributed by atoms with Crippen LogP contribution in [0.5, 0.6) is 5.75 Å². The van der Waals surface area contributed by atoms with Crippen LogP contribution in [-0.4, -0.2) is 16.2 Å².